The molecule has 0 unspecified atom stereocenters. The minimum atomic E-state index is -0.481. The summed E-state index contributed by atoms with van der Waals surface area (Å²) in [4.78, 5) is 17.8. The second-order valence-corrected chi connectivity index (χ2v) is 2.87. The fourth-order valence-corrected chi connectivity index (χ4v) is 1.21. The summed E-state index contributed by atoms with van der Waals surface area (Å²) in [5.74, 6) is 0.149. The Morgan fingerprint density at radius 3 is 2.93 bits per heavy atom. The van der Waals surface area contributed by atoms with Crippen LogP contribution >= 0.6 is 0 Å². The third kappa shape index (κ3) is 1.64. The van der Waals surface area contributed by atoms with Crippen LogP contribution in [0.5, 0.6) is 0 Å². The zero-order chi connectivity index (χ0) is 9.97. The van der Waals surface area contributed by atoms with Crippen molar-refractivity contribution in [3.05, 3.63) is 36.2 Å². The first kappa shape index (κ1) is 8.50. The van der Waals surface area contributed by atoms with Crippen LogP contribution in [0.1, 0.15) is 5.82 Å². The fourth-order valence-electron chi connectivity index (χ4n) is 1.21. The van der Waals surface area contributed by atoms with Gasteiger partial charge in [-0.15, -0.1) is 0 Å². The molecule has 0 bridgehead atoms. The number of carbonyl (C=O) groups excluding carboxylic acids is 1. The Bertz CT molecular complexity index is 466. The monoisotopic (exact) mass is 187 g/mol. The number of primary amides is 1. The first-order valence-corrected chi connectivity index (χ1v) is 4.18. The Kier molecular flexibility index (Phi) is 2.02. The van der Waals surface area contributed by atoms with Crippen molar-refractivity contribution in [3.63, 3.8) is 0 Å². The number of nitrogens with zero attached hydrogens (tertiary/aromatic N) is 1. The van der Waals surface area contributed by atoms with Gasteiger partial charge in [-0.2, -0.15) is 0 Å². The molecule has 0 saturated heterocycles. The first-order valence-electron chi connectivity index (χ1n) is 4.18. The van der Waals surface area contributed by atoms with Crippen LogP contribution in [0, 0.1) is 0 Å². The van der Waals surface area contributed by atoms with Crippen molar-refractivity contribution in [2.75, 3.05) is 0 Å². The molecule has 4 heteroatoms. The van der Waals surface area contributed by atoms with Gasteiger partial charge in [0.1, 0.15) is 5.82 Å². The molecule has 14 heavy (non-hydrogen) atoms. The van der Waals surface area contributed by atoms with Crippen molar-refractivity contribution in [3.8, 4) is 0 Å². The Hall–Kier alpha value is -2.10. The van der Waals surface area contributed by atoms with Crippen molar-refractivity contribution in [1.29, 1.82) is 0 Å². The van der Waals surface area contributed by atoms with Crippen molar-refractivity contribution in [2.45, 2.75) is 0 Å². The average molecular weight is 187 g/mol. The van der Waals surface area contributed by atoms with E-state index in [1.807, 2.05) is 24.3 Å². The molecule has 0 fully saturated rings. The van der Waals surface area contributed by atoms with Crippen LogP contribution in [0.2, 0.25) is 0 Å². The van der Waals surface area contributed by atoms with Crippen LogP contribution in [-0.4, -0.2) is 15.9 Å². The highest BCUT2D eigenvalue weighted by Gasteiger charge is 1.97. The molecule has 0 aliphatic rings. The van der Waals surface area contributed by atoms with Crippen LogP contribution < -0.4 is 5.73 Å². The van der Waals surface area contributed by atoms with Gasteiger partial charge in [0.05, 0.1) is 11.0 Å². The standard InChI is InChI=1S/C10H9N3O/c11-9(14)5-6-10-12-7-3-1-2-4-8(7)13-10/h1-6H,(H2,11,14)(H,12,13)/b6-5-. The minimum absolute atomic E-state index is 0.481. The van der Waals surface area contributed by atoms with Gasteiger partial charge in [-0.1, -0.05) is 12.1 Å². The predicted molar refractivity (Wildman–Crippen MR) is 54.3 cm³/mol. The quantitative estimate of drug-likeness (QED) is 0.690. The second kappa shape index (κ2) is 3.33. The molecular formula is C10H9N3O. The average Bonchev–Trinajstić information content (AvgIpc) is 2.57. The first-order chi connectivity index (χ1) is 6.75. The summed E-state index contributed by atoms with van der Waals surface area (Å²) >= 11 is 0. The number of hydrogen-bond donors (Lipinski definition) is 2. The van der Waals surface area contributed by atoms with E-state index in [1.54, 1.807) is 6.08 Å². The topological polar surface area (TPSA) is 71.8 Å². The zero-order valence-corrected chi connectivity index (χ0v) is 7.40. The summed E-state index contributed by atoms with van der Waals surface area (Å²) in [6.07, 6.45) is 2.83. The zero-order valence-electron chi connectivity index (χ0n) is 7.40. The molecule has 0 aliphatic heterocycles. The van der Waals surface area contributed by atoms with E-state index in [0.29, 0.717) is 5.82 Å². The summed E-state index contributed by atoms with van der Waals surface area (Å²) in [5, 5.41) is 0. The molecule has 4 nitrogen and oxygen atoms in total. The largest absolute Gasteiger partial charge is 0.366 e. The highest BCUT2D eigenvalue weighted by molar-refractivity contribution is 5.90. The lowest BCUT2D eigenvalue weighted by atomic mass is 10.3. The molecule has 2 aromatic rings. The molecule has 1 aromatic carbocycles. The minimum Gasteiger partial charge on any atom is -0.366 e. The third-order valence-corrected chi connectivity index (χ3v) is 1.81. The Labute approximate surface area is 80.4 Å². The van der Waals surface area contributed by atoms with Gasteiger partial charge in [-0.25, -0.2) is 4.98 Å². The number of aromatic amines is 1. The maximum absolute atomic E-state index is 10.5. The van der Waals surface area contributed by atoms with E-state index < -0.39 is 5.91 Å². The number of fused-ring (bicyclic) bond motifs is 1. The normalized spacial score (nSPS) is 11.1. The number of amides is 1. The van der Waals surface area contributed by atoms with Crippen LogP contribution in [0.4, 0.5) is 0 Å². The summed E-state index contributed by atoms with van der Waals surface area (Å²) < 4.78 is 0. The number of nitrogens with two attached hydrogens (primary N) is 1. The number of para-hydroxylation sites is 2. The van der Waals surface area contributed by atoms with Gasteiger partial charge < -0.3 is 10.7 Å². The molecule has 2 rings (SSSR count). The smallest absolute Gasteiger partial charge is 0.241 e. The molecule has 1 heterocycles. The number of hydrogen-bond acceptors (Lipinski definition) is 2. The summed E-state index contributed by atoms with van der Waals surface area (Å²) in [6.45, 7) is 0. The van der Waals surface area contributed by atoms with Crippen LogP contribution in [0.25, 0.3) is 17.1 Å². The van der Waals surface area contributed by atoms with Crippen molar-refractivity contribution in [1.82, 2.24) is 9.97 Å². The third-order valence-electron chi connectivity index (χ3n) is 1.81. The molecule has 0 atom stereocenters. The van der Waals surface area contributed by atoms with Crippen LogP contribution in [-0.2, 0) is 4.79 Å². The number of H-pyrrole nitrogens is 1. The number of rotatable bonds is 2. The van der Waals surface area contributed by atoms with E-state index in [4.69, 9.17) is 5.73 Å². The van der Waals surface area contributed by atoms with Gasteiger partial charge in [-0.05, 0) is 18.2 Å². The lowest BCUT2D eigenvalue weighted by molar-refractivity contribution is -0.113. The van der Waals surface area contributed by atoms with Gasteiger partial charge in [0.15, 0.2) is 0 Å². The molecule has 70 valence electrons. The van der Waals surface area contributed by atoms with Crippen molar-refractivity contribution in [2.24, 2.45) is 5.73 Å². The number of aromatic nitrogens is 2. The van der Waals surface area contributed by atoms with Gasteiger partial charge in [0, 0.05) is 6.08 Å². The van der Waals surface area contributed by atoms with Crippen molar-refractivity contribution >= 4 is 23.0 Å². The Morgan fingerprint density at radius 2 is 2.21 bits per heavy atom. The van der Waals surface area contributed by atoms with E-state index in [0.717, 1.165) is 11.0 Å². The molecule has 0 aliphatic carbocycles. The number of benzene rings is 1. The lowest BCUT2D eigenvalue weighted by Crippen LogP contribution is -2.05. The highest BCUT2D eigenvalue weighted by Crippen LogP contribution is 2.10. The second-order valence-electron chi connectivity index (χ2n) is 2.87. The van der Waals surface area contributed by atoms with Gasteiger partial charge in [0.2, 0.25) is 5.91 Å². The maximum Gasteiger partial charge on any atom is 0.241 e. The van der Waals surface area contributed by atoms with Crippen LogP contribution in [0.3, 0.4) is 0 Å². The number of carbonyl (C=O) groups is 1. The van der Waals surface area contributed by atoms with Crippen molar-refractivity contribution < 1.29 is 4.79 Å². The van der Waals surface area contributed by atoms with E-state index >= 15 is 0 Å². The molecule has 0 saturated carbocycles. The molecule has 1 amide bonds. The lowest BCUT2D eigenvalue weighted by Gasteiger charge is -1.82. The van der Waals surface area contributed by atoms with Crippen LogP contribution in [0.15, 0.2) is 30.3 Å². The Morgan fingerprint density at radius 1 is 1.43 bits per heavy atom. The molecule has 0 radical (unpaired) electrons. The summed E-state index contributed by atoms with van der Waals surface area (Å²) in [5.41, 5.74) is 6.78. The maximum atomic E-state index is 10.5. The number of imidazole rings is 1. The van der Waals surface area contributed by atoms with E-state index in [-0.39, 0.29) is 0 Å². The summed E-state index contributed by atoms with van der Waals surface area (Å²) in [6, 6.07) is 7.64. The molecule has 3 N–H and O–H groups in total. The number of nitrogens with one attached hydrogen (secondary N) is 1. The fraction of sp³-hybridized carbons (Fsp3) is 0. The van der Waals surface area contributed by atoms with Gasteiger partial charge in [-0.3, -0.25) is 4.79 Å². The molecule has 1 aromatic heterocycles. The van der Waals surface area contributed by atoms with E-state index in [9.17, 15) is 4.79 Å². The van der Waals surface area contributed by atoms with E-state index in [1.165, 1.54) is 6.08 Å². The van der Waals surface area contributed by atoms with Gasteiger partial charge >= 0.3 is 0 Å². The molecule has 0 spiro atoms. The predicted octanol–water partition coefficient (Wildman–Crippen LogP) is 1.06. The SMILES string of the molecule is NC(=O)/C=C\c1nc2ccccc2[nH]1. The summed E-state index contributed by atoms with van der Waals surface area (Å²) in [7, 11) is 0. The van der Waals surface area contributed by atoms with E-state index in [2.05, 4.69) is 9.97 Å². The Balaban J connectivity index is 2.40. The highest BCUT2D eigenvalue weighted by atomic mass is 16.1. The van der Waals surface area contributed by atoms with Gasteiger partial charge in [0.25, 0.3) is 0 Å². The molecular weight excluding hydrogens is 178 g/mol.